The Morgan fingerprint density at radius 3 is 2.22 bits per heavy atom. The Morgan fingerprint density at radius 2 is 1.62 bits per heavy atom. The minimum Gasteiger partial charge on any atom is -0.326 e. The van der Waals surface area contributed by atoms with Crippen molar-refractivity contribution in [3.05, 3.63) is 54.6 Å². The lowest BCUT2D eigenvalue weighted by Crippen LogP contribution is -2.49. The van der Waals surface area contributed by atoms with E-state index in [1.54, 1.807) is 30.3 Å². The summed E-state index contributed by atoms with van der Waals surface area (Å²) in [5.74, 6) is -1.19. The van der Waals surface area contributed by atoms with E-state index in [9.17, 15) is 22.8 Å². The number of hydrogen-bond donors (Lipinski definition) is 1. The normalized spacial score (nSPS) is 19.7. The zero-order valence-electron chi connectivity index (χ0n) is 17.7. The fraction of sp³-hybridized carbons (Fsp3) is 0.348. The van der Waals surface area contributed by atoms with Crippen LogP contribution in [0.2, 0.25) is 0 Å². The van der Waals surface area contributed by atoms with Gasteiger partial charge in [-0.3, -0.25) is 14.4 Å². The van der Waals surface area contributed by atoms with Gasteiger partial charge in [-0.2, -0.15) is 4.31 Å². The zero-order chi connectivity index (χ0) is 22.9. The van der Waals surface area contributed by atoms with Crippen molar-refractivity contribution in [2.75, 3.05) is 10.2 Å². The van der Waals surface area contributed by atoms with Gasteiger partial charge in [-0.1, -0.05) is 31.0 Å². The van der Waals surface area contributed by atoms with E-state index in [4.69, 9.17) is 0 Å². The van der Waals surface area contributed by atoms with E-state index in [-0.39, 0.29) is 23.3 Å². The van der Waals surface area contributed by atoms with Gasteiger partial charge in [0.2, 0.25) is 21.8 Å². The number of sulfonamides is 1. The monoisotopic (exact) mass is 455 g/mol. The number of amides is 3. The van der Waals surface area contributed by atoms with E-state index in [0.29, 0.717) is 24.2 Å². The van der Waals surface area contributed by atoms with Gasteiger partial charge < -0.3 is 5.32 Å². The molecule has 1 N–H and O–H groups in total. The number of rotatable bonds is 6. The number of anilines is 2. The van der Waals surface area contributed by atoms with Crippen molar-refractivity contribution < 1.29 is 22.8 Å². The molecule has 2 aliphatic rings. The standard InChI is InChI=1S/C23H25N3O5S/c1-16(27)24-17-11-13-20(14-12-17)32(30,31)26(19-9-5-6-10-19)21-15-22(28)25(23(21)29)18-7-3-2-4-8-18/h2-4,7-8,11-14,19,21H,5-6,9-10,15H2,1H3,(H,24,27). The summed E-state index contributed by atoms with van der Waals surface area (Å²) in [6.45, 7) is 1.37. The Labute approximate surface area is 187 Å². The van der Waals surface area contributed by atoms with Crippen molar-refractivity contribution >= 4 is 39.1 Å². The SMILES string of the molecule is CC(=O)Nc1ccc(S(=O)(=O)N(C2CCCC2)C2CC(=O)N(c3ccccc3)C2=O)cc1. The van der Waals surface area contributed by atoms with Gasteiger partial charge in [0.05, 0.1) is 17.0 Å². The highest BCUT2D eigenvalue weighted by Crippen LogP contribution is 2.35. The molecule has 4 rings (SSSR count). The maximum absolute atomic E-state index is 13.7. The number of carbonyl (C=O) groups excluding carboxylic acids is 3. The first-order valence-corrected chi connectivity index (χ1v) is 12.1. The highest BCUT2D eigenvalue weighted by molar-refractivity contribution is 7.89. The summed E-state index contributed by atoms with van der Waals surface area (Å²) in [7, 11) is -4.05. The van der Waals surface area contributed by atoms with Gasteiger partial charge in [0, 0.05) is 18.7 Å². The maximum Gasteiger partial charge on any atom is 0.252 e. The molecular formula is C23H25N3O5S. The molecule has 1 atom stereocenters. The number of benzene rings is 2. The lowest BCUT2D eigenvalue weighted by molar-refractivity contribution is -0.122. The van der Waals surface area contributed by atoms with Crippen LogP contribution in [0.15, 0.2) is 59.5 Å². The molecule has 1 unspecified atom stereocenters. The van der Waals surface area contributed by atoms with Gasteiger partial charge in [-0.25, -0.2) is 13.3 Å². The summed E-state index contributed by atoms with van der Waals surface area (Å²) in [6, 6.07) is 13.0. The Kier molecular flexibility index (Phi) is 6.12. The van der Waals surface area contributed by atoms with Crippen LogP contribution in [0.5, 0.6) is 0 Å². The molecule has 9 heteroatoms. The topological polar surface area (TPSA) is 104 Å². The van der Waals surface area contributed by atoms with Crippen LogP contribution in [-0.4, -0.2) is 42.5 Å². The Bertz CT molecular complexity index is 1130. The van der Waals surface area contributed by atoms with Gasteiger partial charge in [0.15, 0.2) is 0 Å². The first-order valence-electron chi connectivity index (χ1n) is 10.6. The molecule has 2 aromatic rings. The quantitative estimate of drug-likeness (QED) is 0.675. The van der Waals surface area contributed by atoms with E-state index in [1.165, 1.54) is 35.5 Å². The van der Waals surface area contributed by atoms with Crippen LogP contribution in [0, 0.1) is 0 Å². The number of para-hydroxylation sites is 1. The molecule has 8 nitrogen and oxygen atoms in total. The molecule has 32 heavy (non-hydrogen) atoms. The predicted octanol–water partition coefficient (Wildman–Crippen LogP) is 2.91. The van der Waals surface area contributed by atoms with Gasteiger partial charge in [0.1, 0.15) is 6.04 Å². The highest BCUT2D eigenvalue weighted by Gasteiger charge is 2.49. The molecule has 0 spiro atoms. The van der Waals surface area contributed by atoms with Crippen molar-refractivity contribution in [2.45, 2.75) is 56.0 Å². The summed E-state index contributed by atoms with van der Waals surface area (Å²) < 4.78 is 28.6. The number of imide groups is 1. The summed E-state index contributed by atoms with van der Waals surface area (Å²) in [4.78, 5) is 38.5. The van der Waals surface area contributed by atoms with E-state index < -0.39 is 27.9 Å². The average Bonchev–Trinajstić information content (AvgIpc) is 3.37. The fourth-order valence-corrected chi connectivity index (χ4v) is 6.30. The number of nitrogens with one attached hydrogen (secondary N) is 1. The molecule has 1 saturated heterocycles. The molecule has 1 saturated carbocycles. The van der Waals surface area contributed by atoms with Crippen molar-refractivity contribution in [3.8, 4) is 0 Å². The fourth-order valence-electron chi connectivity index (χ4n) is 4.48. The van der Waals surface area contributed by atoms with Crippen LogP contribution in [0.1, 0.15) is 39.0 Å². The van der Waals surface area contributed by atoms with Gasteiger partial charge >= 0.3 is 0 Å². The summed E-state index contributed by atoms with van der Waals surface area (Å²) in [5.41, 5.74) is 0.916. The summed E-state index contributed by atoms with van der Waals surface area (Å²) in [5, 5.41) is 2.61. The minimum atomic E-state index is -4.05. The Balaban J connectivity index is 1.69. The van der Waals surface area contributed by atoms with Crippen LogP contribution in [0.25, 0.3) is 0 Å². The van der Waals surface area contributed by atoms with Crippen LogP contribution >= 0.6 is 0 Å². The van der Waals surface area contributed by atoms with Crippen LogP contribution in [-0.2, 0) is 24.4 Å². The molecule has 3 amide bonds. The molecular weight excluding hydrogens is 430 g/mol. The third-order valence-corrected chi connectivity index (χ3v) is 7.85. The lowest BCUT2D eigenvalue weighted by Gasteiger charge is -2.32. The van der Waals surface area contributed by atoms with Crippen molar-refractivity contribution in [3.63, 3.8) is 0 Å². The second-order valence-electron chi connectivity index (χ2n) is 8.10. The largest absolute Gasteiger partial charge is 0.326 e. The molecule has 0 aromatic heterocycles. The number of hydrogen-bond acceptors (Lipinski definition) is 5. The third-order valence-electron chi connectivity index (χ3n) is 5.88. The van der Waals surface area contributed by atoms with E-state index >= 15 is 0 Å². The molecule has 2 fully saturated rings. The second kappa shape index (κ2) is 8.84. The van der Waals surface area contributed by atoms with Gasteiger partial charge in [0.25, 0.3) is 5.91 Å². The first-order chi connectivity index (χ1) is 15.3. The van der Waals surface area contributed by atoms with Crippen molar-refractivity contribution in [1.82, 2.24) is 4.31 Å². The van der Waals surface area contributed by atoms with Crippen LogP contribution < -0.4 is 10.2 Å². The molecule has 168 valence electrons. The van der Waals surface area contributed by atoms with Gasteiger partial charge in [-0.15, -0.1) is 0 Å². The lowest BCUT2D eigenvalue weighted by atomic mass is 10.2. The molecule has 1 aliphatic heterocycles. The van der Waals surface area contributed by atoms with Crippen LogP contribution in [0.3, 0.4) is 0 Å². The summed E-state index contributed by atoms with van der Waals surface area (Å²) in [6.07, 6.45) is 2.84. The molecule has 0 radical (unpaired) electrons. The average molecular weight is 456 g/mol. The van der Waals surface area contributed by atoms with E-state index in [0.717, 1.165) is 17.7 Å². The smallest absolute Gasteiger partial charge is 0.252 e. The zero-order valence-corrected chi connectivity index (χ0v) is 18.5. The first kappa shape index (κ1) is 22.2. The Morgan fingerprint density at radius 1 is 1.00 bits per heavy atom. The molecule has 0 bridgehead atoms. The van der Waals surface area contributed by atoms with Crippen molar-refractivity contribution in [2.24, 2.45) is 0 Å². The van der Waals surface area contributed by atoms with Gasteiger partial charge in [-0.05, 0) is 49.2 Å². The van der Waals surface area contributed by atoms with Crippen LogP contribution in [0.4, 0.5) is 11.4 Å². The number of nitrogens with zero attached hydrogens (tertiary/aromatic N) is 2. The molecule has 1 heterocycles. The molecule has 1 aliphatic carbocycles. The van der Waals surface area contributed by atoms with Crippen molar-refractivity contribution in [1.29, 1.82) is 0 Å². The van der Waals surface area contributed by atoms with E-state index in [2.05, 4.69) is 5.32 Å². The van der Waals surface area contributed by atoms with E-state index in [1.807, 2.05) is 0 Å². The maximum atomic E-state index is 13.7. The third kappa shape index (κ3) is 4.18. The highest BCUT2D eigenvalue weighted by atomic mass is 32.2. The molecule has 2 aromatic carbocycles. The predicted molar refractivity (Wildman–Crippen MR) is 119 cm³/mol. The second-order valence-corrected chi connectivity index (χ2v) is 9.94. The number of carbonyl (C=O) groups is 3. The Hall–Kier alpha value is -3.04. The summed E-state index contributed by atoms with van der Waals surface area (Å²) >= 11 is 0. The minimum absolute atomic E-state index is 0.0249.